The molecule has 0 bridgehead atoms. The van der Waals surface area contributed by atoms with Gasteiger partial charge in [-0.1, -0.05) is 32.9 Å². The highest BCUT2D eigenvalue weighted by molar-refractivity contribution is 7.99. The smallest absolute Gasteiger partial charge is 0.0130 e. The van der Waals surface area contributed by atoms with E-state index in [4.69, 9.17) is 0 Å². The molecule has 94 valence electrons. The molecule has 2 rings (SSSR count). The van der Waals surface area contributed by atoms with Gasteiger partial charge in [-0.2, -0.15) is 0 Å². The van der Waals surface area contributed by atoms with Gasteiger partial charge in [0.1, 0.15) is 0 Å². The number of thioether (sulfide) groups is 1. The second-order valence-corrected chi connectivity index (χ2v) is 6.56. The van der Waals surface area contributed by atoms with Crippen LogP contribution in [0.3, 0.4) is 0 Å². The first-order chi connectivity index (χ1) is 8.05. The summed E-state index contributed by atoms with van der Waals surface area (Å²) in [6, 6.07) is 7.54. The summed E-state index contributed by atoms with van der Waals surface area (Å²) in [7, 11) is 0. The van der Waals surface area contributed by atoms with Gasteiger partial charge in [-0.15, -0.1) is 11.8 Å². The van der Waals surface area contributed by atoms with Crippen molar-refractivity contribution >= 4 is 11.8 Å². The molecule has 1 heterocycles. The Kier molecular flexibility index (Phi) is 3.84. The normalized spacial score (nSPS) is 16.9. The second-order valence-electron chi connectivity index (χ2n) is 5.42. The lowest BCUT2D eigenvalue weighted by Gasteiger charge is -2.33. The fraction of sp³-hybridized carbons (Fsp3) is 0.600. The van der Waals surface area contributed by atoms with Crippen LogP contribution >= 0.6 is 11.8 Å². The summed E-state index contributed by atoms with van der Waals surface area (Å²) >= 11 is 2.00. The highest BCUT2D eigenvalue weighted by Gasteiger charge is 2.28. The van der Waals surface area contributed by atoms with E-state index < -0.39 is 0 Å². The topological polar surface area (TPSA) is 12.0 Å². The van der Waals surface area contributed by atoms with Crippen LogP contribution in [0.5, 0.6) is 0 Å². The van der Waals surface area contributed by atoms with Crippen molar-refractivity contribution in [3.63, 3.8) is 0 Å². The molecule has 0 aliphatic carbocycles. The maximum Gasteiger partial charge on any atom is 0.0130 e. The molecule has 2 heteroatoms. The van der Waals surface area contributed by atoms with E-state index in [1.165, 1.54) is 28.2 Å². The van der Waals surface area contributed by atoms with Gasteiger partial charge in [-0.25, -0.2) is 0 Å². The minimum atomic E-state index is 0.189. The average molecular weight is 249 g/mol. The zero-order chi connectivity index (χ0) is 12.5. The van der Waals surface area contributed by atoms with Crippen molar-refractivity contribution in [3.05, 3.63) is 29.3 Å². The summed E-state index contributed by atoms with van der Waals surface area (Å²) in [4.78, 5) is 1.50. The third-order valence-electron chi connectivity index (χ3n) is 4.03. The fourth-order valence-corrected chi connectivity index (χ4v) is 3.49. The number of benzene rings is 1. The molecule has 1 aliphatic rings. The molecule has 1 unspecified atom stereocenters. The van der Waals surface area contributed by atoms with Crippen LogP contribution in [-0.4, -0.2) is 18.3 Å². The zero-order valence-corrected chi connectivity index (χ0v) is 12.2. The molecular weight excluding hydrogens is 226 g/mol. The van der Waals surface area contributed by atoms with Gasteiger partial charge in [0.25, 0.3) is 0 Å². The van der Waals surface area contributed by atoms with Gasteiger partial charge in [0.05, 0.1) is 0 Å². The van der Waals surface area contributed by atoms with Crippen LogP contribution in [-0.2, 0) is 11.8 Å². The van der Waals surface area contributed by atoms with Gasteiger partial charge in [-0.3, -0.25) is 0 Å². The van der Waals surface area contributed by atoms with E-state index in [0.29, 0.717) is 6.04 Å². The monoisotopic (exact) mass is 249 g/mol. The van der Waals surface area contributed by atoms with E-state index in [1.54, 1.807) is 0 Å². The minimum Gasteiger partial charge on any atom is -0.314 e. The molecule has 0 saturated carbocycles. The van der Waals surface area contributed by atoms with Crippen molar-refractivity contribution in [1.29, 1.82) is 0 Å². The Morgan fingerprint density at radius 2 is 2.18 bits per heavy atom. The Morgan fingerprint density at radius 1 is 1.41 bits per heavy atom. The number of fused-ring (bicyclic) bond motifs is 1. The number of hydrogen-bond acceptors (Lipinski definition) is 2. The van der Waals surface area contributed by atoms with Crippen LogP contribution in [0.25, 0.3) is 0 Å². The molecule has 0 spiro atoms. The van der Waals surface area contributed by atoms with E-state index in [2.05, 4.69) is 51.2 Å². The van der Waals surface area contributed by atoms with Gasteiger partial charge in [0.15, 0.2) is 0 Å². The standard InChI is InChI=1S/C15H23NS/c1-5-16-11(2)15(3,4)13-7-6-12-8-9-17-14(12)10-13/h6-7,10-11,16H,5,8-9H2,1-4H3. The Hall–Kier alpha value is -0.470. The van der Waals surface area contributed by atoms with Crippen molar-refractivity contribution in [2.24, 2.45) is 0 Å². The molecule has 0 aromatic heterocycles. The Balaban J connectivity index is 2.26. The first-order valence-electron chi connectivity index (χ1n) is 6.55. The average Bonchev–Trinajstić information content (AvgIpc) is 2.76. The number of nitrogens with one attached hydrogen (secondary N) is 1. The molecule has 1 aromatic rings. The van der Waals surface area contributed by atoms with Crippen LogP contribution in [0, 0.1) is 0 Å². The Labute approximate surface area is 109 Å². The predicted molar refractivity (Wildman–Crippen MR) is 77.0 cm³/mol. The predicted octanol–water partition coefficient (Wildman–Crippen LogP) is 3.61. The largest absolute Gasteiger partial charge is 0.314 e. The molecule has 0 fully saturated rings. The Morgan fingerprint density at radius 3 is 2.88 bits per heavy atom. The zero-order valence-electron chi connectivity index (χ0n) is 11.3. The molecule has 0 radical (unpaired) electrons. The van der Waals surface area contributed by atoms with E-state index in [0.717, 1.165) is 6.54 Å². The molecule has 0 saturated heterocycles. The molecule has 1 N–H and O–H groups in total. The van der Waals surface area contributed by atoms with Crippen molar-refractivity contribution in [2.75, 3.05) is 12.3 Å². The van der Waals surface area contributed by atoms with Crippen molar-refractivity contribution in [3.8, 4) is 0 Å². The van der Waals surface area contributed by atoms with Crippen molar-refractivity contribution in [2.45, 2.75) is 50.5 Å². The van der Waals surface area contributed by atoms with Crippen LogP contribution < -0.4 is 5.32 Å². The molecule has 0 amide bonds. The number of hydrogen-bond donors (Lipinski definition) is 1. The van der Waals surface area contributed by atoms with Crippen LogP contribution in [0.4, 0.5) is 0 Å². The summed E-state index contributed by atoms with van der Waals surface area (Å²) in [5, 5.41) is 3.55. The third-order valence-corrected chi connectivity index (χ3v) is 5.13. The minimum absolute atomic E-state index is 0.189. The van der Waals surface area contributed by atoms with Crippen LogP contribution in [0.2, 0.25) is 0 Å². The lowest BCUT2D eigenvalue weighted by Crippen LogP contribution is -2.42. The van der Waals surface area contributed by atoms with Gasteiger partial charge < -0.3 is 5.32 Å². The maximum atomic E-state index is 3.55. The summed E-state index contributed by atoms with van der Waals surface area (Å²) in [5.41, 5.74) is 3.18. The van der Waals surface area contributed by atoms with Crippen molar-refractivity contribution in [1.82, 2.24) is 5.32 Å². The van der Waals surface area contributed by atoms with Crippen molar-refractivity contribution < 1.29 is 0 Å². The van der Waals surface area contributed by atoms with E-state index >= 15 is 0 Å². The van der Waals surface area contributed by atoms with Crippen LogP contribution in [0.1, 0.15) is 38.8 Å². The molecule has 1 atom stereocenters. The summed E-state index contributed by atoms with van der Waals surface area (Å²) in [5.74, 6) is 1.25. The van der Waals surface area contributed by atoms with E-state index in [-0.39, 0.29) is 5.41 Å². The molecule has 1 nitrogen and oxygen atoms in total. The Bertz CT molecular complexity index is 398. The number of rotatable bonds is 4. The van der Waals surface area contributed by atoms with Gasteiger partial charge in [-0.05, 0) is 37.1 Å². The first kappa shape index (κ1) is 13.0. The SMILES string of the molecule is CCNC(C)C(C)(C)c1ccc2c(c1)SCC2. The highest BCUT2D eigenvalue weighted by Crippen LogP contribution is 2.36. The fourth-order valence-electron chi connectivity index (χ4n) is 2.38. The van der Waals surface area contributed by atoms with E-state index in [9.17, 15) is 0 Å². The number of likely N-dealkylation sites (N-methyl/N-ethyl adjacent to an activating group) is 1. The number of aryl methyl sites for hydroxylation is 1. The van der Waals surface area contributed by atoms with E-state index in [1.807, 2.05) is 11.8 Å². The van der Waals surface area contributed by atoms with Gasteiger partial charge in [0.2, 0.25) is 0 Å². The third kappa shape index (κ3) is 2.53. The van der Waals surface area contributed by atoms with Crippen LogP contribution in [0.15, 0.2) is 23.1 Å². The summed E-state index contributed by atoms with van der Waals surface area (Å²) in [6.45, 7) is 10.2. The molecule has 1 aromatic carbocycles. The molecular formula is C15H23NS. The lowest BCUT2D eigenvalue weighted by atomic mass is 9.78. The second kappa shape index (κ2) is 5.03. The highest BCUT2D eigenvalue weighted by atomic mass is 32.2. The molecule has 1 aliphatic heterocycles. The molecule has 17 heavy (non-hydrogen) atoms. The lowest BCUT2D eigenvalue weighted by molar-refractivity contribution is 0.368. The maximum absolute atomic E-state index is 3.55. The summed E-state index contributed by atoms with van der Waals surface area (Å²) < 4.78 is 0. The van der Waals surface area contributed by atoms with Gasteiger partial charge >= 0.3 is 0 Å². The van der Waals surface area contributed by atoms with Gasteiger partial charge in [0, 0.05) is 22.1 Å². The quantitative estimate of drug-likeness (QED) is 0.875. The summed E-state index contributed by atoms with van der Waals surface area (Å²) in [6.07, 6.45) is 1.24. The first-order valence-corrected chi connectivity index (χ1v) is 7.54.